The minimum atomic E-state index is 0. The molecule has 0 aromatic rings. The van der Waals surface area contributed by atoms with Gasteiger partial charge in [-0.15, -0.1) is 0 Å². The molecule has 3 heteroatoms. The van der Waals surface area contributed by atoms with Crippen LogP contribution in [0.25, 0.3) is 0 Å². The fourth-order valence-corrected chi connectivity index (χ4v) is 2.29. The Bertz CT molecular complexity index is 205. The van der Waals surface area contributed by atoms with E-state index in [-0.39, 0.29) is 8.76 Å². The highest BCUT2D eigenvalue weighted by molar-refractivity contribution is 5.72. The highest BCUT2D eigenvalue weighted by atomic mass is 16.1. The van der Waals surface area contributed by atoms with Gasteiger partial charge in [-0.05, 0) is 31.6 Å². The summed E-state index contributed by atoms with van der Waals surface area (Å²) in [5.74, 6) is 0.788. The summed E-state index contributed by atoms with van der Waals surface area (Å²) in [5, 5.41) is 6.49. The Hall–Kier alpha value is -0.570. The largest absolute Gasteiger partial charge is 0.356 e. The van der Waals surface area contributed by atoms with E-state index >= 15 is 0 Å². The van der Waals surface area contributed by atoms with Crippen molar-refractivity contribution in [1.29, 1.82) is 0 Å². The van der Waals surface area contributed by atoms with Crippen LogP contribution in [0.4, 0.5) is 0 Å². The van der Waals surface area contributed by atoms with E-state index in [1.165, 1.54) is 25.7 Å². The normalized spacial score (nSPS) is 26.7. The predicted octanol–water partition coefficient (Wildman–Crippen LogP) is 2.17. The predicted molar refractivity (Wildman–Crippen MR) is 66.9 cm³/mol. The zero-order valence-corrected chi connectivity index (χ0v) is 10.2. The third-order valence-corrected chi connectivity index (χ3v) is 3.06. The monoisotopic (exact) mass is 216 g/mol. The summed E-state index contributed by atoms with van der Waals surface area (Å²) < 4.78 is 0. The number of hydrogen-bond donors (Lipinski definition) is 2. The molecule has 1 aliphatic carbocycles. The van der Waals surface area contributed by atoms with Gasteiger partial charge < -0.3 is 10.6 Å². The summed E-state index contributed by atoms with van der Waals surface area (Å²) in [6, 6.07) is 1.28. The Morgan fingerprint density at radius 1 is 1.33 bits per heavy atom. The van der Waals surface area contributed by atoms with Gasteiger partial charge in [0.15, 0.2) is 0 Å². The second-order valence-electron chi connectivity index (χ2n) is 4.98. The van der Waals surface area contributed by atoms with Crippen LogP contribution in [-0.2, 0) is 4.79 Å². The Kier molecular flexibility index (Phi) is 5.09. The van der Waals surface area contributed by atoms with Crippen molar-refractivity contribution in [3.05, 3.63) is 0 Å². The van der Waals surface area contributed by atoms with Gasteiger partial charge in [-0.3, -0.25) is 4.79 Å². The number of amides is 1. The van der Waals surface area contributed by atoms with Crippen LogP contribution in [0, 0.1) is 5.92 Å². The molecule has 1 amide bonds. The van der Waals surface area contributed by atoms with Gasteiger partial charge in [0.25, 0.3) is 0 Å². The van der Waals surface area contributed by atoms with Crippen molar-refractivity contribution in [1.82, 2.24) is 10.6 Å². The van der Waals surface area contributed by atoms with Crippen molar-refractivity contribution in [3.63, 3.8) is 0 Å². The first-order chi connectivity index (χ1) is 7.08. The summed E-state index contributed by atoms with van der Waals surface area (Å²) >= 11 is 0. The Labute approximate surface area is 96.0 Å². The van der Waals surface area contributed by atoms with E-state index in [9.17, 15) is 4.79 Å². The highest BCUT2D eigenvalue weighted by Gasteiger charge is 2.21. The van der Waals surface area contributed by atoms with Crippen LogP contribution in [-0.4, -0.2) is 24.5 Å². The smallest absolute Gasteiger partial charge is 0.216 e. The fraction of sp³-hybridized carbons (Fsp3) is 0.917. The second kappa shape index (κ2) is 6.11. The number of rotatable bonds is 4. The third kappa shape index (κ3) is 5.17. The second-order valence-corrected chi connectivity index (χ2v) is 4.98. The van der Waals surface area contributed by atoms with Gasteiger partial charge in [-0.25, -0.2) is 0 Å². The van der Waals surface area contributed by atoms with Crippen molar-refractivity contribution in [2.75, 3.05) is 6.54 Å². The topological polar surface area (TPSA) is 41.1 Å². The maximum atomic E-state index is 10.8. The molecule has 0 saturated heterocycles. The zero-order valence-electron chi connectivity index (χ0n) is 10.2. The van der Waals surface area contributed by atoms with E-state index in [2.05, 4.69) is 24.5 Å². The molecule has 0 aliphatic heterocycles. The van der Waals surface area contributed by atoms with Crippen molar-refractivity contribution in [3.8, 4) is 0 Å². The summed E-state index contributed by atoms with van der Waals surface area (Å²) in [5.41, 5.74) is 0. The Morgan fingerprint density at radius 2 is 1.93 bits per heavy atom. The van der Waals surface area contributed by atoms with E-state index in [4.69, 9.17) is 0 Å². The summed E-state index contributed by atoms with van der Waals surface area (Å²) in [6.45, 7) is 6.85. The SMILES string of the molecule is CC(=O)NCC1CCC(NC(C)C)CC1.[HH].[HH]. The Balaban J connectivity index is 0. The van der Waals surface area contributed by atoms with Crippen molar-refractivity contribution >= 4 is 5.91 Å². The van der Waals surface area contributed by atoms with Crippen LogP contribution in [0.5, 0.6) is 0 Å². The lowest BCUT2D eigenvalue weighted by atomic mass is 9.86. The first-order valence-corrected chi connectivity index (χ1v) is 6.08. The van der Waals surface area contributed by atoms with E-state index < -0.39 is 0 Å². The van der Waals surface area contributed by atoms with E-state index in [1.54, 1.807) is 6.92 Å². The molecule has 15 heavy (non-hydrogen) atoms. The van der Waals surface area contributed by atoms with Crippen LogP contribution >= 0.6 is 0 Å². The summed E-state index contributed by atoms with van der Waals surface area (Å²) in [4.78, 5) is 10.8. The summed E-state index contributed by atoms with van der Waals surface area (Å²) in [7, 11) is 0. The first-order valence-electron chi connectivity index (χ1n) is 6.08. The number of carbonyl (C=O) groups excluding carboxylic acids is 1. The van der Waals surface area contributed by atoms with Gasteiger partial charge in [0, 0.05) is 28.4 Å². The lowest BCUT2D eigenvalue weighted by molar-refractivity contribution is -0.119. The number of nitrogens with one attached hydrogen (secondary N) is 2. The number of carbonyl (C=O) groups is 1. The zero-order chi connectivity index (χ0) is 11.3. The molecular weight excluding hydrogens is 188 g/mol. The van der Waals surface area contributed by atoms with Crippen molar-refractivity contribution in [2.24, 2.45) is 5.92 Å². The molecule has 1 fully saturated rings. The van der Waals surface area contributed by atoms with Crippen LogP contribution in [0.3, 0.4) is 0 Å². The minimum absolute atomic E-state index is 0. The molecule has 0 bridgehead atoms. The average molecular weight is 216 g/mol. The molecule has 1 aliphatic rings. The third-order valence-electron chi connectivity index (χ3n) is 3.06. The van der Waals surface area contributed by atoms with Crippen LogP contribution in [0.15, 0.2) is 0 Å². The van der Waals surface area contributed by atoms with Gasteiger partial charge >= 0.3 is 0 Å². The molecule has 3 nitrogen and oxygen atoms in total. The Morgan fingerprint density at radius 3 is 2.40 bits per heavy atom. The quantitative estimate of drug-likeness (QED) is 0.756. The van der Waals surface area contributed by atoms with Gasteiger partial charge in [0.05, 0.1) is 0 Å². The molecular formula is C12H28N2O. The minimum Gasteiger partial charge on any atom is -0.356 e. The van der Waals surface area contributed by atoms with Gasteiger partial charge in [0.1, 0.15) is 0 Å². The number of hydrogen-bond acceptors (Lipinski definition) is 2. The average Bonchev–Trinajstić information content (AvgIpc) is 2.16. The maximum absolute atomic E-state index is 10.8. The molecule has 0 atom stereocenters. The molecule has 0 unspecified atom stereocenters. The standard InChI is InChI=1S/C12H24N2O.2H2/c1-9(2)14-12-6-4-11(5-7-12)8-13-10(3)15;;/h9,11-12,14H,4-8H2,1-3H3,(H,13,15);2*1H. The van der Waals surface area contributed by atoms with Crippen LogP contribution in [0.1, 0.15) is 49.3 Å². The molecule has 1 rings (SSSR count). The summed E-state index contributed by atoms with van der Waals surface area (Å²) in [6.07, 6.45) is 4.99. The van der Waals surface area contributed by atoms with Gasteiger partial charge in [0.2, 0.25) is 5.91 Å². The van der Waals surface area contributed by atoms with E-state index in [0.29, 0.717) is 18.0 Å². The lowest BCUT2D eigenvalue weighted by Gasteiger charge is -2.30. The van der Waals surface area contributed by atoms with E-state index in [1.807, 2.05) is 0 Å². The van der Waals surface area contributed by atoms with Crippen LogP contribution in [0.2, 0.25) is 0 Å². The fourth-order valence-electron chi connectivity index (χ4n) is 2.29. The van der Waals surface area contributed by atoms with Crippen LogP contribution < -0.4 is 10.6 Å². The van der Waals surface area contributed by atoms with Crippen molar-refractivity contribution in [2.45, 2.75) is 58.5 Å². The maximum Gasteiger partial charge on any atom is 0.216 e. The molecule has 92 valence electrons. The molecule has 0 heterocycles. The molecule has 1 saturated carbocycles. The first kappa shape index (κ1) is 12.5. The van der Waals surface area contributed by atoms with Gasteiger partial charge in [-0.1, -0.05) is 13.8 Å². The molecule has 0 aromatic carbocycles. The lowest BCUT2D eigenvalue weighted by Crippen LogP contribution is -2.39. The molecule has 0 aromatic heterocycles. The molecule has 0 spiro atoms. The molecule has 0 radical (unpaired) electrons. The van der Waals surface area contributed by atoms with Crippen molar-refractivity contribution < 1.29 is 7.65 Å². The van der Waals surface area contributed by atoms with Gasteiger partial charge in [-0.2, -0.15) is 0 Å². The van der Waals surface area contributed by atoms with E-state index in [0.717, 1.165) is 6.54 Å². The molecule has 2 N–H and O–H groups in total. The highest BCUT2D eigenvalue weighted by Crippen LogP contribution is 2.23.